The second kappa shape index (κ2) is 7.55. The third kappa shape index (κ3) is 4.53. The number of aliphatic hydroxyl groups excluding tert-OH is 1. The van der Waals surface area contributed by atoms with Crippen LogP contribution in [0.3, 0.4) is 0 Å². The van der Waals surface area contributed by atoms with E-state index in [1.54, 1.807) is 12.1 Å². The highest BCUT2D eigenvalue weighted by atomic mass is 35.5. The number of nitrogens with one attached hydrogen (secondary N) is 1. The van der Waals surface area contributed by atoms with E-state index in [1.807, 2.05) is 37.3 Å². The summed E-state index contributed by atoms with van der Waals surface area (Å²) in [6.07, 6.45) is 0.733. The van der Waals surface area contributed by atoms with Crippen molar-refractivity contribution in [2.75, 3.05) is 6.61 Å². The molecule has 0 saturated carbocycles. The van der Waals surface area contributed by atoms with E-state index in [2.05, 4.69) is 5.32 Å². The zero-order valence-corrected chi connectivity index (χ0v) is 12.6. The summed E-state index contributed by atoms with van der Waals surface area (Å²) in [5.74, 6) is -0.421. The molecule has 0 bridgehead atoms. The molecule has 0 aliphatic rings. The first kappa shape index (κ1) is 16.0. The average Bonchev–Trinajstić information content (AvgIpc) is 2.50. The van der Waals surface area contributed by atoms with E-state index in [0.717, 1.165) is 17.5 Å². The monoisotopic (exact) mass is 307 g/mol. The molecule has 0 aromatic heterocycles. The van der Waals surface area contributed by atoms with Crippen LogP contribution in [0.2, 0.25) is 5.02 Å². The van der Waals surface area contributed by atoms with Gasteiger partial charge in [-0.25, -0.2) is 4.39 Å². The molecule has 2 N–H and O–H groups in total. The fourth-order valence-electron chi connectivity index (χ4n) is 2.31. The number of hydrogen-bond acceptors (Lipinski definition) is 2. The highest BCUT2D eigenvalue weighted by molar-refractivity contribution is 6.30. The summed E-state index contributed by atoms with van der Waals surface area (Å²) in [6, 6.07) is 14.6. The summed E-state index contributed by atoms with van der Waals surface area (Å²) in [5, 5.41) is 13.0. The topological polar surface area (TPSA) is 32.3 Å². The maximum absolute atomic E-state index is 13.2. The van der Waals surface area contributed by atoms with E-state index in [1.165, 1.54) is 6.07 Å². The number of hydrogen-bond donors (Lipinski definition) is 2. The fraction of sp³-hybridized carbons (Fsp3) is 0.294. The Kier molecular flexibility index (Phi) is 5.74. The Morgan fingerprint density at radius 2 is 1.90 bits per heavy atom. The highest BCUT2D eigenvalue weighted by Gasteiger charge is 2.14. The van der Waals surface area contributed by atoms with Gasteiger partial charge in [0.25, 0.3) is 0 Å². The van der Waals surface area contributed by atoms with Gasteiger partial charge in [0.1, 0.15) is 5.82 Å². The predicted molar refractivity (Wildman–Crippen MR) is 84.0 cm³/mol. The van der Waals surface area contributed by atoms with Crippen LogP contribution in [0, 0.1) is 5.82 Å². The van der Waals surface area contributed by atoms with Crippen LogP contribution in [0.5, 0.6) is 0 Å². The van der Waals surface area contributed by atoms with Gasteiger partial charge in [0.2, 0.25) is 0 Å². The Bertz CT molecular complexity index is 576. The van der Waals surface area contributed by atoms with Crippen LogP contribution >= 0.6 is 11.6 Å². The number of aliphatic hydroxyl groups is 1. The number of benzene rings is 2. The van der Waals surface area contributed by atoms with Crippen molar-refractivity contribution in [1.82, 2.24) is 5.32 Å². The normalized spacial score (nSPS) is 13.9. The lowest BCUT2D eigenvalue weighted by Gasteiger charge is -2.22. The molecule has 2 rings (SSSR count). The molecule has 0 fully saturated rings. The zero-order valence-electron chi connectivity index (χ0n) is 11.9. The standard InChI is InChI=1S/C17H19ClFNO/c1-12(14-7-8-17(19)16(18)10-14)20-15(11-21)9-13-5-3-2-4-6-13/h2-8,10,12,15,20-21H,9,11H2,1H3. The van der Waals surface area contributed by atoms with Gasteiger partial charge in [-0.2, -0.15) is 0 Å². The molecule has 0 aliphatic carbocycles. The van der Waals surface area contributed by atoms with E-state index < -0.39 is 5.82 Å². The third-order valence-corrected chi connectivity index (χ3v) is 3.76. The van der Waals surface area contributed by atoms with Gasteiger partial charge in [-0.1, -0.05) is 48.0 Å². The first-order valence-electron chi connectivity index (χ1n) is 6.96. The van der Waals surface area contributed by atoms with Crippen LogP contribution in [0.25, 0.3) is 0 Å². The van der Waals surface area contributed by atoms with Gasteiger partial charge in [0.15, 0.2) is 0 Å². The molecule has 2 aromatic carbocycles. The Labute approximate surface area is 129 Å². The lowest BCUT2D eigenvalue weighted by atomic mass is 10.0. The van der Waals surface area contributed by atoms with Crippen molar-refractivity contribution in [2.24, 2.45) is 0 Å². The number of halogens is 2. The number of rotatable bonds is 6. The molecule has 112 valence electrons. The quantitative estimate of drug-likeness (QED) is 0.852. The molecule has 2 nitrogen and oxygen atoms in total. The van der Waals surface area contributed by atoms with Crippen molar-refractivity contribution >= 4 is 11.6 Å². The summed E-state index contributed by atoms with van der Waals surface area (Å²) >= 11 is 5.81. The minimum Gasteiger partial charge on any atom is -0.395 e. The highest BCUT2D eigenvalue weighted by Crippen LogP contribution is 2.21. The summed E-state index contributed by atoms with van der Waals surface area (Å²) < 4.78 is 13.2. The van der Waals surface area contributed by atoms with Crippen molar-refractivity contribution in [3.05, 3.63) is 70.5 Å². The van der Waals surface area contributed by atoms with Gasteiger partial charge >= 0.3 is 0 Å². The molecular weight excluding hydrogens is 289 g/mol. The molecule has 2 aromatic rings. The van der Waals surface area contributed by atoms with Gasteiger partial charge < -0.3 is 10.4 Å². The summed E-state index contributed by atoms with van der Waals surface area (Å²) in [4.78, 5) is 0. The van der Waals surface area contributed by atoms with Crippen molar-refractivity contribution in [3.8, 4) is 0 Å². The maximum atomic E-state index is 13.2. The largest absolute Gasteiger partial charge is 0.395 e. The fourth-order valence-corrected chi connectivity index (χ4v) is 2.50. The van der Waals surface area contributed by atoms with Crippen molar-refractivity contribution in [1.29, 1.82) is 0 Å². The van der Waals surface area contributed by atoms with E-state index in [9.17, 15) is 9.50 Å². The van der Waals surface area contributed by atoms with Gasteiger partial charge in [-0.3, -0.25) is 0 Å². The smallest absolute Gasteiger partial charge is 0.141 e. The zero-order chi connectivity index (χ0) is 15.2. The lowest BCUT2D eigenvalue weighted by molar-refractivity contribution is 0.232. The van der Waals surface area contributed by atoms with E-state index >= 15 is 0 Å². The van der Waals surface area contributed by atoms with E-state index in [4.69, 9.17) is 11.6 Å². The molecule has 4 heteroatoms. The average molecular weight is 308 g/mol. The minimum absolute atomic E-state index is 0.0241. The van der Waals surface area contributed by atoms with E-state index in [-0.39, 0.29) is 23.7 Å². The molecule has 0 spiro atoms. The Hall–Kier alpha value is -1.42. The summed E-state index contributed by atoms with van der Waals surface area (Å²) in [7, 11) is 0. The minimum atomic E-state index is -0.421. The Balaban J connectivity index is 2.02. The second-order valence-electron chi connectivity index (χ2n) is 5.13. The van der Waals surface area contributed by atoms with Crippen LogP contribution in [0.15, 0.2) is 48.5 Å². The molecule has 0 radical (unpaired) electrons. The van der Waals surface area contributed by atoms with Gasteiger partial charge in [-0.15, -0.1) is 0 Å². The molecule has 0 heterocycles. The van der Waals surface area contributed by atoms with Crippen LogP contribution < -0.4 is 5.32 Å². The SMILES string of the molecule is CC(NC(CO)Cc1ccccc1)c1ccc(F)c(Cl)c1. The van der Waals surface area contributed by atoms with Crippen LogP contribution in [0.1, 0.15) is 24.1 Å². The Morgan fingerprint density at radius 3 is 2.52 bits per heavy atom. The first-order valence-corrected chi connectivity index (χ1v) is 7.33. The van der Waals surface area contributed by atoms with Crippen molar-refractivity contribution in [2.45, 2.75) is 25.4 Å². The van der Waals surface area contributed by atoms with Crippen LogP contribution in [-0.4, -0.2) is 17.8 Å². The molecule has 2 atom stereocenters. The molecule has 0 aliphatic heterocycles. The Morgan fingerprint density at radius 1 is 1.19 bits per heavy atom. The van der Waals surface area contributed by atoms with Crippen LogP contribution in [0.4, 0.5) is 4.39 Å². The molecule has 21 heavy (non-hydrogen) atoms. The summed E-state index contributed by atoms with van der Waals surface area (Å²) in [5.41, 5.74) is 2.06. The van der Waals surface area contributed by atoms with Gasteiger partial charge in [0.05, 0.1) is 11.6 Å². The molecular formula is C17H19ClFNO. The molecule has 2 unspecified atom stereocenters. The maximum Gasteiger partial charge on any atom is 0.141 e. The second-order valence-corrected chi connectivity index (χ2v) is 5.54. The first-order chi connectivity index (χ1) is 10.1. The lowest BCUT2D eigenvalue weighted by Crippen LogP contribution is -2.36. The molecule has 0 saturated heterocycles. The van der Waals surface area contributed by atoms with Crippen LogP contribution in [-0.2, 0) is 6.42 Å². The van der Waals surface area contributed by atoms with Gasteiger partial charge in [-0.05, 0) is 36.6 Å². The van der Waals surface area contributed by atoms with E-state index in [0.29, 0.717) is 0 Å². The molecule has 0 amide bonds. The van der Waals surface area contributed by atoms with Gasteiger partial charge in [0, 0.05) is 12.1 Å². The summed E-state index contributed by atoms with van der Waals surface area (Å²) in [6.45, 7) is 2.01. The third-order valence-electron chi connectivity index (χ3n) is 3.47. The predicted octanol–water partition coefficient (Wildman–Crippen LogP) is 3.73. The van der Waals surface area contributed by atoms with Crippen molar-refractivity contribution in [3.63, 3.8) is 0 Å². The van der Waals surface area contributed by atoms with Crippen molar-refractivity contribution < 1.29 is 9.50 Å².